The highest BCUT2D eigenvalue weighted by molar-refractivity contribution is 5.81. The summed E-state index contributed by atoms with van der Waals surface area (Å²) in [5, 5.41) is 4.82. The number of benzene rings is 1. The summed E-state index contributed by atoms with van der Waals surface area (Å²) in [7, 11) is 0. The zero-order chi connectivity index (χ0) is 13.8. The second kappa shape index (κ2) is 6.33. The Labute approximate surface area is 121 Å². The summed E-state index contributed by atoms with van der Waals surface area (Å²) in [5.74, 6) is 0. The molecule has 1 aromatic heterocycles. The minimum Gasteiger partial charge on any atom is -0.313 e. The van der Waals surface area contributed by atoms with Crippen LogP contribution in [0.15, 0.2) is 36.5 Å². The van der Waals surface area contributed by atoms with Gasteiger partial charge in [-0.25, -0.2) is 0 Å². The minimum atomic E-state index is 0.665. The Morgan fingerprint density at radius 1 is 1.30 bits per heavy atom. The second-order valence-corrected chi connectivity index (χ2v) is 5.61. The van der Waals surface area contributed by atoms with Gasteiger partial charge in [0.2, 0.25) is 0 Å². The fraction of sp³-hybridized carbons (Fsp3) is 0.471. The number of hydrogen-bond donors (Lipinski definition) is 1. The Morgan fingerprint density at radius 3 is 3.00 bits per heavy atom. The van der Waals surface area contributed by atoms with Crippen LogP contribution in [0.25, 0.3) is 10.9 Å². The van der Waals surface area contributed by atoms with Crippen LogP contribution in [-0.2, 0) is 6.54 Å². The van der Waals surface area contributed by atoms with E-state index in [2.05, 4.69) is 46.4 Å². The molecule has 3 heteroatoms. The monoisotopic (exact) mass is 269 g/mol. The van der Waals surface area contributed by atoms with E-state index in [0.29, 0.717) is 6.04 Å². The highest BCUT2D eigenvalue weighted by Crippen LogP contribution is 2.18. The van der Waals surface area contributed by atoms with E-state index < -0.39 is 0 Å². The maximum Gasteiger partial charge on any atom is 0.0746 e. The molecular formula is C17H23N3. The molecule has 1 unspecified atom stereocenters. The van der Waals surface area contributed by atoms with Crippen LogP contribution in [0.1, 0.15) is 25.3 Å². The van der Waals surface area contributed by atoms with Gasteiger partial charge in [-0.2, -0.15) is 0 Å². The number of rotatable bonds is 5. The van der Waals surface area contributed by atoms with Gasteiger partial charge in [0.25, 0.3) is 0 Å². The van der Waals surface area contributed by atoms with Gasteiger partial charge < -0.3 is 5.32 Å². The van der Waals surface area contributed by atoms with Gasteiger partial charge >= 0.3 is 0 Å². The molecule has 0 spiro atoms. The van der Waals surface area contributed by atoms with Crippen molar-refractivity contribution in [2.24, 2.45) is 0 Å². The van der Waals surface area contributed by atoms with Crippen LogP contribution in [0.3, 0.4) is 0 Å². The maximum atomic E-state index is 4.56. The van der Waals surface area contributed by atoms with E-state index in [1.54, 1.807) is 0 Å². The lowest BCUT2D eigenvalue weighted by atomic mass is 10.1. The molecule has 2 heterocycles. The molecule has 0 bridgehead atoms. The average Bonchev–Trinajstić information content (AvgIpc) is 3.00. The molecule has 1 saturated heterocycles. The molecule has 1 N–H and O–H groups in total. The van der Waals surface area contributed by atoms with Crippen molar-refractivity contribution in [3.63, 3.8) is 0 Å². The first-order chi connectivity index (χ1) is 9.86. The number of nitrogens with zero attached hydrogens (tertiary/aromatic N) is 2. The van der Waals surface area contributed by atoms with Crippen molar-refractivity contribution in [3.05, 3.63) is 42.1 Å². The largest absolute Gasteiger partial charge is 0.313 e. The minimum absolute atomic E-state index is 0.665. The number of hydrogen-bond acceptors (Lipinski definition) is 3. The lowest BCUT2D eigenvalue weighted by molar-refractivity contribution is 0.254. The van der Waals surface area contributed by atoms with Crippen LogP contribution in [-0.4, -0.2) is 35.6 Å². The normalized spacial score (nSPS) is 19.0. The molecular weight excluding hydrogens is 246 g/mol. The highest BCUT2D eigenvalue weighted by atomic mass is 15.1. The van der Waals surface area contributed by atoms with E-state index >= 15 is 0 Å². The molecule has 1 atom stereocenters. The third-order valence-electron chi connectivity index (χ3n) is 4.20. The van der Waals surface area contributed by atoms with Crippen molar-refractivity contribution in [1.82, 2.24) is 15.2 Å². The zero-order valence-electron chi connectivity index (χ0n) is 12.2. The van der Waals surface area contributed by atoms with Gasteiger partial charge in [-0.1, -0.05) is 31.2 Å². The van der Waals surface area contributed by atoms with Crippen molar-refractivity contribution in [2.45, 2.75) is 32.4 Å². The van der Waals surface area contributed by atoms with Gasteiger partial charge in [0, 0.05) is 30.7 Å². The van der Waals surface area contributed by atoms with Crippen molar-refractivity contribution in [3.8, 4) is 0 Å². The van der Waals surface area contributed by atoms with Gasteiger partial charge in [0.05, 0.1) is 5.52 Å². The van der Waals surface area contributed by atoms with Crippen molar-refractivity contribution in [2.75, 3.05) is 19.6 Å². The van der Waals surface area contributed by atoms with E-state index in [4.69, 9.17) is 0 Å². The summed E-state index contributed by atoms with van der Waals surface area (Å²) in [4.78, 5) is 7.08. The molecule has 0 amide bonds. The number of nitrogens with one attached hydrogen (secondary N) is 1. The Balaban J connectivity index is 1.76. The van der Waals surface area contributed by atoms with E-state index in [0.717, 1.165) is 25.2 Å². The van der Waals surface area contributed by atoms with Crippen molar-refractivity contribution >= 4 is 10.9 Å². The van der Waals surface area contributed by atoms with Crippen LogP contribution in [0, 0.1) is 0 Å². The third kappa shape index (κ3) is 3.00. The molecule has 0 saturated carbocycles. The average molecular weight is 269 g/mol. The number of fused-ring (bicyclic) bond motifs is 1. The summed E-state index contributed by atoms with van der Waals surface area (Å²) in [6, 6.07) is 11.3. The molecule has 1 aromatic carbocycles. The Bertz CT molecular complexity index is 556. The predicted octanol–water partition coefficient (Wildman–Crippen LogP) is 2.81. The molecule has 1 aliphatic heterocycles. The molecule has 0 radical (unpaired) electrons. The van der Waals surface area contributed by atoms with Gasteiger partial charge in [0.15, 0.2) is 0 Å². The zero-order valence-corrected chi connectivity index (χ0v) is 12.2. The summed E-state index contributed by atoms with van der Waals surface area (Å²) >= 11 is 0. The smallest absolute Gasteiger partial charge is 0.0746 e. The fourth-order valence-corrected chi connectivity index (χ4v) is 3.07. The van der Waals surface area contributed by atoms with Crippen LogP contribution >= 0.6 is 0 Å². The molecule has 1 aliphatic rings. The van der Waals surface area contributed by atoms with Gasteiger partial charge in [0.1, 0.15) is 0 Å². The fourth-order valence-electron chi connectivity index (χ4n) is 3.07. The van der Waals surface area contributed by atoms with Crippen LogP contribution in [0.2, 0.25) is 0 Å². The van der Waals surface area contributed by atoms with Gasteiger partial charge in [-0.3, -0.25) is 9.88 Å². The van der Waals surface area contributed by atoms with Crippen molar-refractivity contribution in [1.29, 1.82) is 0 Å². The summed E-state index contributed by atoms with van der Waals surface area (Å²) < 4.78 is 0. The molecule has 2 aromatic rings. The predicted molar refractivity (Wildman–Crippen MR) is 83.7 cm³/mol. The first-order valence-electron chi connectivity index (χ1n) is 7.65. The number of para-hydroxylation sites is 1. The maximum absolute atomic E-state index is 4.56. The quantitative estimate of drug-likeness (QED) is 0.904. The number of aromatic nitrogens is 1. The Hall–Kier alpha value is -1.45. The summed E-state index contributed by atoms with van der Waals surface area (Å²) in [6.07, 6.45) is 4.52. The van der Waals surface area contributed by atoms with Crippen LogP contribution in [0.5, 0.6) is 0 Å². The van der Waals surface area contributed by atoms with Crippen LogP contribution < -0.4 is 5.32 Å². The second-order valence-electron chi connectivity index (χ2n) is 5.61. The van der Waals surface area contributed by atoms with E-state index in [1.165, 1.54) is 30.3 Å². The third-order valence-corrected chi connectivity index (χ3v) is 4.20. The molecule has 106 valence electrons. The molecule has 3 rings (SSSR count). The standard InChI is InChI=1S/C17H23N3/c1-2-20(13-16-9-5-10-18-16)12-15-7-3-6-14-8-4-11-19-17(14)15/h3-4,6-8,11,16,18H,2,5,9-10,12-13H2,1H3. The number of pyridine rings is 1. The SMILES string of the molecule is CCN(Cc1cccc2cccnc12)CC1CCCN1. The van der Waals surface area contributed by atoms with E-state index in [1.807, 2.05) is 12.3 Å². The summed E-state index contributed by atoms with van der Waals surface area (Å²) in [5.41, 5.74) is 2.48. The van der Waals surface area contributed by atoms with Gasteiger partial charge in [-0.15, -0.1) is 0 Å². The summed E-state index contributed by atoms with van der Waals surface area (Å²) in [6.45, 7) is 6.63. The lowest BCUT2D eigenvalue weighted by Crippen LogP contribution is -2.37. The first kappa shape index (κ1) is 13.5. The highest BCUT2D eigenvalue weighted by Gasteiger charge is 2.17. The van der Waals surface area contributed by atoms with E-state index in [-0.39, 0.29) is 0 Å². The topological polar surface area (TPSA) is 28.2 Å². The van der Waals surface area contributed by atoms with Crippen molar-refractivity contribution < 1.29 is 0 Å². The molecule has 1 fully saturated rings. The Morgan fingerprint density at radius 2 is 2.20 bits per heavy atom. The van der Waals surface area contributed by atoms with E-state index in [9.17, 15) is 0 Å². The van der Waals surface area contributed by atoms with Gasteiger partial charge in [-0.05, 0) is 37.6 Å². The molecule has 3 nitrogen and oxygen atoms in total. The molecule has 0 aliphatic carbocycles. The number of likely N-dealkylation sites (N-methyl/N-ethyl adjacent to an activating group) is 1. The van der Waals surface area contributed by atoms with Crippen LogP contribution in [0.4, 0.5) is 0 Å². The lowest BCUT2D eigenvalue weighted by Gasteiger charge is -2.24. The first-order valence-corrected chi connectivity index (χ1v) is 7.65. The molecule has 20 heavy (non-hydrogen) atoms. The Kier molecular flexibility index (Phi) is 4.28.